The lowest BCUT2D eigenvalue weighted by Crippen LogP contribution is -2.16. The summed E-state index contributed by atoms with van der Waals surface area (Å²) in [6, 6.07) is 9.36. The van der Waals surface area contributed by atoms with Crippen molar-refractivity contribution < 1.29 is 1.37 Å². The molecule has 0 heterocycles. The van der Waals surface area contributed by atoms with Gasteiger partial charge < -0.3 is 5.73 Å². The molecule has 0 saturated carbocycles. The van der Waals surface area contributed by atoms with Crippen LogP contribution in [-0.4, -0.2) is 4.99 Å². The van der Waals surface area contributed by atoms with Crippen molar-refractivity contribution in [3.05, 3.63) is 35.9 Å². The molecule has 1 atom stereocenters. The van der Waals surface area contributed by atoms with E-state index in [-0.39, 0.29) is 4.99 Å². The molecule has 1 aromatic rings. The second-order valence-corrected chi connectivity index (χ2v) is 2.80. The minimum Gasteiger partial charge on any atom is -0.393 e. The number of hydrogen-bond acceptors (Lipinski definition) is 1. The van der Waals surface area contributed by atoms with Gasteiger partial charge in [-0.15, -0.1) is 0 Å². The van der Waals surface area contributed by atoms with E-state index in [1.807, 2.05) is 30.3 Å². The Labute approximate surface area is 73.6 Å². The molecule has 1 nitrogen and oxygen atoms in total. The van der Waals surface area contributed by atoms with Crippen LogP contribution in [0.1, 0.15) is 19.8 Å². The summed E-state index contributed by atoms with van der Waals surface area (Å²) in [6.45, 7) is 1.70. The van der Waals surface area contributed by atoms with E-state index in [0.717, 1.165) is 5.56 Å². The summed E-state index contributed by atoms with van der Waals surface area (Å²) in [7, 11) is 0. The van der Waals surface area contributed by atoms with Crippen molar-refractivity contribution in [3.63, 3.8) is 0 Å². The van der Waals surface area contributed by atoms with E-state index >= 15 is 0 Å². The summed E-state index contributed by atoms with van der Waals surface area (Å²) in [5, 5.41) is 0. The largest absolute Gasteiger partial charge is 0.393 e. The molecule has 1 rings (SSSR count). The van der Waals surface area contributed by atoms with Crippen LogP contribution in [0.4, 0.5) is 0 Å². The normalized spacial score (nSPS) is 16.6. The molecule has 0 fully saturated rings. The van der Waals surface area contributed by atoms with Gasteiger partial charge in [-0.1, -0.05) is 49.5 Å². The van der Waals surface area contributed by atoms with Crippen LogP contribution in [0.25, 0.3) is 0 Å². The van der Waals surface area contributed by atoms with Crippen LogP contribution in [-0.2, 0) is 0 Å². The molecule has 0 aliphatic heterocycles. The second-order valence-electron chi connectivity index (χ2n) is 2.36. The Balaban J connectivity index is 3.06. The van der Waals surface area contributed by atoms with Crippen molar-refractivity contribution in [1.29, 1.82) is 0 Å². The molecule has 0 saturated heterocycles. The first kappa shape index (κ1) is 6.80. The fraction of sp³-hybridized carbons (Fsp3) is 0.222. The third-order valence-electron chi connectivity index (χ3n) is 1.58. The smallest absolute Gasteiger partial charge is 0.0800 e. The van der Waals surface area contributed by atoms with Gasteiger partial charge in [-0.25, -0.2) is 0 Å². The van der Waals surface area contributed by atoms with E-state index in [1.54, 1.807) is 6.92 Å². The van der Waals surface area contributed by atoms with E-state index in [1.165, 1.54) is 0 Å². The Bertz CT molecular complexity index is 282. The van der Waals surface area contributed by atoms with Crippen LogP contribution in [0.2, 0.25) is 0 Å². The van der Waals surface area contributed by atoms with Gasteiger partial charge in [0.2, 0.25) is 0 Å². The Hall–Kier alpha value is -0.890. The van der Waals surface area contributed by atoms with Gasteiger partial charge in [0.15, 0.2) is 0 Å². The van der Waals surface area contributed by atoms with Crippen LogP contribution in [0.5, 0.6) is 0 Å². The number of thiocarbonyl (C=S) groups is 1. The number of rotatable bonds is 2. The van der Waals surface area contributed by atoms with Gasteiger partial charge >= 0.3 is 0 Å². The first-order valence-electron chi connectivity index (χ1n) is 3.90. The molecule has 2 N–H and O–H groups in total. The Morgan fingerprint density at radius 1 is 1.55 bits per heavy atom. The zero-order valence-electron chi connectivity index (χ0n) is 7.37. The molecule has 0 aliphatic carbocycles. The average molecular weight is 166 g/mol. The maximum absolute atomic E-state index is 7.86. The van der Waals surface area contributed by atoms with Crippen molar-refractivity contribution in [3.8, 4) is 0 Å². The first-order chi connectivity index (χ1) is 5.55. The van der Waals surface area contributed by atoms with Gasteiger partial charge in [-0.05, 0) is 5.56 Å². The van der Waals surface area contributed by atoms with Crippen molar-refractivity contribution in [2.75, 3.05) is 0 Å². The summed E-state index contributed by atoms with van der Waals surface area (Å²) >= 11 is 4.80. The van der Waals surface area contributed by atoms with E-state index in [2.05, 4.69) is 0 Å². The average Bonchev–Trinajstić information content (AvgIpc) is 2.06. The van der Waals surface area contributed by atoms with Gasteiger partial charge in [0.1, 0.15) is 0 Å². The van der Waals surface area contributed by atoms with Gasteiger partial charge in [0.05, 0.1) is 4.99 Å². The predicted octanol–water partition coefficient (Wildman–Crippen LogP) is 2.08. The van der Waals surface area contributed by atoms with Crippen LogP contribution in [0, 0.1) is 0 Å². The van der Waals surface area contributed by atoms with Gasteiger partial charge in [0, 0.05) is 7.26 Å². The van der Waals surface area contributed by atoms with E-state index in [4.69, 9.17) is 19.3 Å². The first-order valence-corrected chi connectivity index (χ1v) is 3.81. The molecular weight excluding hydrogens is 154 g/mol. The SMILES string of the molecule is [2H]C(C)(C(N)=S)c1ccccc1. The quantitative estimate of drug-likeness (QED) is 0.681. The lowest BCUT2D eigenvalue weighted by molar-refractivity contribution is 1.03. The van der Waals surface area contributed by atoms with Crippen molar-refractivity contribution >= 4 is 17.2 Å². The topological polar surface area (TPSA) is 26.0 Å². The third kappa shape index (κ3) is 2.02. The third-order valence-corrected chi connectivity index (χ3v) is 1.88. The molecule has 0 bridgehead atoms. The number of nitrogens with two attached hydrogens (primary N) is 1. The molecule has 11 heavy (non-hydrogen) atoms. The second kappa shape index (κ2) is 3.49. The standard InChI is InChI=1S/C9H11NS/c1-7(9(10)11)8-5-3-2-4-6-8/h2-7H,1H3,(H2,10,11)/i7D. The monoisotopic (exact) mass is 166 g/mol. The highest BCUT2D eigenvalue weighted by molar-refractivity contribution is 7.80. The minimum absolute atomic E-state index is 0.203. The van der Waals surface area contributed by atoms with E-state index in [9.17, 15) is 0 Å². The van der Waals surface area contributed by atoms with Crippen molar-refractivity contribution in [2.45, 2.75) is 12.8 Å². The highest BCUT2D eigenvalue weighted by Gasteiger charge is 2.05. The maximum atomic E-state index is 7.86. The predicted molar refractivity (Wildman–Crippen MR) is 51.6 cm³/mol. The summed E-state index contributed by atoms with van der Waals surface area (Å²) in [6.07, 6.45) is 0. The van der Waals surface area contributed by atoms with E-state index in [0.29, 0.717) is 0 Å². The molecule has 58 valence electrons. The lowest BCUT2D eigenvalue weighted by atomic mass is 10.0. The van der Waals surface area contributed by atoms with Crippen LogP contribution in [0.15, 0.2) is 30.3 Å². The van der Waals surface area contributed by atoms with Crippen LogP contribution >= 0.6 is 12.2 Å². The Morgan fingerprint density at radius 2 is 2.09 bits per heavy atom. The molecule has 1 unspecified atom stereocenters. The number of benzene rings is 1. The lowest BCUT2D eigenvalue weighted by Gasteiger charge is -2.08. The molecule has 0 radical (unpaired) electrons. The molecule has 0 aromatic heterocycles. The van der Waals surface area contributed by atoms with Crippen molar-refractivity contribution in [2.24, 2.45) is 5.73 Å². The van der Waals surface area contributed by atoms with Crippen molar-refractivity contribution in [1.82, 2.24) is 0 Å². The highest BCUT2D eigenvalue weighted by atomic mass is 32.1. The maximum Gasteiger partial charge on any atom is 0.0800 e. The molecule has 2 heteroatoms. The van der Waals surface area contributed by atoms with Gasteiger partial charge in [-0.3, -0.25) is 0 Å². The van der Waals surface area contributed by atoms with Crippen LogP contribution < -0.4 is 5.73 Å². The summed E-state index contributed by atoms with van der Waals surface area (Å²) in [5.74, 6) is -0.948. The van der Waals surface area contributed by atoms with Gasteiger partial charge in [0.25, 0.3) is 0 Å². The summed E-state index contributed by atoms with van der Waals surface area (Å²) in [5.41, 5.74) is 6.28. The Kier molecular flexibility index (Phi) is 2.15. The van der Waals surface area contributed by atoms with Crippen LogP contribution in [0.3, 0.4) is 0 Å². The fourth-order valence-corrected chi connectivity index (χ4v) is 0.948. The number of hydrogen-bond donors (Lipinski definition) is 1. The summed E-state index contributed by atoms with van der Waals surface area (Å²) in [4.78, 5) is 0.203. The van der Waals surface area contributed by atoms with E-state index < -0.39 is 5.89 Å². The molecule has 1 aromatic carbocycles. The Morgan fingerprint density at radius 3 is 2.55 bits per heavy atom. The zero-order valence-corrected chi connectivity index (χ0v) is 7.19. The minimum atomic E-state index is -0.948. The molecular formula is C9H11NS. The summed E-state index contributed by atoms with van der Waals surface area (Å²) < 4.78 is 7.86. The molecule has 0 amide bonds. The molecule has 0 aliphatic rings. The zero-order chi connectivity index (χ0) is 9.19. The highest BCUT2D eigenvalue weighted by Crippen LogP contribution is 2.13. The fourth-order valence-electron chi connectivity index (χ4n) is 0.830. The molecule has 0 spiro atoms. The van der Waals surface area contributed by atoms with Gasteiger partial charge in [-0.2, -0.15) is 0 Å².